The van der Waals surface area contributed by atoms with E-state index >= 15 is 0 Å². The van der Waals surface area contributed by atoms with Crippen LogP contribution in [0.3, 0.4) is 0 Å². The molecule has 4 nitrogen and oxygen atoms in total. The number of hydrogen-bond donors (Lipinski definition) is 1. The summed E-state index contributed by atoms with van der Waals surface area (Å²) in [5.74, 6) is 2.03. The van der Waals surface area contributed by atoms with Gasteiger partial charge in [0.15, 0.2) is 0 Å². The zero-order chi connectivity index (χ0) is 13.0. The average Bonchev–Trinajstić information content (AvgIpc) is 2.77. The molecule has 2 rings (SSSR count). The van der Waals surface area contributed by atoms with Crippen molar-refractivity contribution in [3.63, 3.8) is 0 Å². The van der Waals surface area contributed by atoms with E-state index in [2.05, 4.69) is 5.32 Å². The molecule has 1 atom stereocenters. The largest absolute Gasteiger partial charge is 0.464 e. The third-order valence-electron chi connectivity index (χ3n) is 2.48. The number of ether oxygens (including phenoxy) is 1. The summed E-state index contributed by atoms with van der Waals surface area (Å²) in [6.07, 6.45) is -0.497. The fraction of sp³-hybridized carbons (Fsp3) is 0.214. The molecule has 1 unspecified atom stereocenters. The Morgan fingerprint density at radius 1 is 1.22 bits per heavy atom. The van der Waals surface area contributed by atoms with Crippen molar-refractivity contribution in [2.45, 2.75) is 19.9 Å². The molecule has 18 heavy (non-hydrogen) atoms. The maximum Gasteiger partial charge on any atom is 0.413 e. The fourth-order valence-electron chi connectivity index (χ4n) is 1.56. The molecule has 0 aliphatic rings. The SMILES string of the molecule is Cc1ccc(C(C)NC(=O)Oc2ccccc2)o1. The molecule has 1 N–H and O–H groups in total. The van der Waals surface area contributed by atoms with E-state index in [4.69, 9.17) is 9.15 Å². The van der Waals surface area contributed by atoms with Gasteiger partial charge in [-0.15, -0.1) is 0 Å². The Balaban J connectivity index is 1.92. The fourth-order valence-corrected chi connectivity index (χ4v) is 1.56. The number of furan rings is 1. The van der Waals surface area contributed by atoms with Gasteiger partial charge in [-0.3, -0.25) is 0 Å². The predicted octanol–water partition coefficient (Wildman–Crippen LogP) is 3.44. The summed E-state index contributed by atoms with van der Waals surface area (Å²) in [6, 6.07) is 12.4. The van der Waals surface area contributed by atoms with Crippen LogP contribution < -0.4 is 10.1 Å². The summed E-state index contributed by atoms with van der Waals surface area (Å²) in [4.78, 5) is 11.6. The van der Waals surface area contributed by atoms with Gasteiger partial charge in [-0.2, -0.15) is 0 Å². The first-order valence-electron chi connectivity index (χ1n) is 5.75. The molecule has 0 aliphatic heterocycles. The second kappa shape index (κ2) is 5.40. The van der Waals surface area contributed by atoms with Crippen molar-refractivity contribution >= 4 is 6.09 Å². The van der Waals surface area contributed by atoms with Gasteiger partial charge in [-0.25, -0.2) is 4.79 Å². The summed E-state index contributed by atoms with van der Waals surface area (Å²) in [6.45, 7) is 3.70. The minimum atomic E-state index is -0.497. The van der Waals surface area contributed by atoms with Crippen molar-refractivity contribution < 1.29 is 13.9 Å². The quantitative estimate of drug-likeness (QED) is 0.901. The zero-order valence-electron chi connectivity index (χ0n) is 10.3. The normalized spacial score (nSPS) is 11.9. The highest BCUT2D eigenvalue weighted by Crippen LogP contribution is 2.16. The molecule has 1 amide bonds. The third-order valence-corrected chi connectivity index (χ3v) is 2.48. The minimum Gasteiger partial charge on any atom is -0.464 e. The Hall–Kier alpha value is -2.23. The molecule has 0 saturated carbocycles. The van der Waals surface area contributed by atoms with E-state index in [1.165, 1.54) is 0 Å². The maximum atomic E-state index is 11.6. The third kappa shape index (κ3) is 3.13. The highest BCUT2D eigenvalue weighted by molar-refractivity contribution is 5.70. The second-order valence-corrected chi connectivity index (χ2v) is 4.02. The lowest BCUT2D eigenvalue weighted by Gasteiger charge is -2.11. The lowest BCUT2D eigenvalue weighted by Crippen LogP contribution is -2.29. The molecular formula is C14H15NO3. The Kier molecular flexibility index (Phi) is 3.67. The van der Waals surface area contributed by atoms with Crippen molar-refractivity contribution in [3.05, 3.63) is 54.0 Å². The molecule has 0 radical (unpaired) electrons. The molecular weight excluding hydrogens is 230 g/mol. The molecule has 1 aromatic carbocycles. The summed E-state index contributed by atoms with van der Waals surface area (Å²) in [5, 5.41) is 2.70. The molecule has 94 valence electrons. The van der Waals surface area contributed by atoms with Crippen LogP contribution in [0, 0.1) is 6.92 Å². The number of carbonyl (C=O) groups is 1. The lowest BCUT2D eigenvalue weighted by atomic mass is 10.2. The monoisotopic (exact) mass is 245 g/mol. The molecule has 4 heteroatoms. The molecule has 0 fully saturated rings. The van der Waals surface area contributed by atoms with Gasteiger partial charge in [0.25, 0.3) is 0 Å². The van der Waals surface area contributed by atoms with Crippen molar-refractivity contribution in [1.29, 1.82) is 0 Å². The van der Waals surface area contributed by atoms with E-state index in [1.54, 1.807) is 12.1 Å². The summed E-state index contributed by atoms with van der Waals surface area (Å²) in [7, 11) is 0. The number of hydrogen-bond acceptors (Lipinski definition) is 3. The molecule has 2 aromatic rings. The van der Waals surface area contributed by atoms with Gasteiger partial charge in [0.1, 0.15) is 17.3 Å². The summed E-state index contributed by atoms with van der Waals surface area (Å²) >= 11 is 0. The van der Waals surface area contributed by atoms with Gasteiger partial charge in [-0.05, 0) is 38.1 Å². The lowest BCUT2D eigenvalue weighted by molar-refractivity contribution is 0.195. The molecule has 1 heterocycles. The molecule has 1 aromatic heterocycles. The maximum absolute atomic E-state index is 11.6. The van der Waals surface area contributed by atoms with Crippen LogP contribution in [0.1, 0.15) is 24.5 Å². The minimum absolute atomic E-state index is 0.227. The number of amides is 1. The van der Waals surface area contributed by atoms with Gasteiger partial charge in [0, 0.05) is 0 Å². The number of para-hydroxylation sites is 1. The molecule has 0 aliphatic carbocycles. The van der Waals surface area contributed by atoms with Crippen LogP contribution >= 0.6 is 0 Å². The van der Waals surface area contributed by atoms with Gasteiger partial charge < -0.3 is 14.5 Å². The van der Waals surface area contributed by atoms with Crippen molar-refractivity contribution in [2.75, 3.05) is 0 Å². The van der Waals surface area contributed by atoms with Gasteiger partial charge in [0.2, 0.25) is 0 Å². The topological polar surface area (TPSA) is 51.5 Å². The van der Waals surface area contributed by atoms with Gasteiger partial charge >= 0.3 is 6.09 Å². The van der Waals surface area contributed by atoms with Crippen LogP contribution in [0.4, 0.5) is 4.79 Å². The summed E-state index contributed by atoms with van der Waals surface area (Å²) in [5.41, 5.74) is 0. The zero-order valence-corrected chi connectivity index (χ0v) is 10.3. The van der Waals surface area contributed by atoms with Crippen LogP contribution in [-0.2, 0) is 0 Å². The summed E-state index contributed by atoms with van der Waals surface area (Å²) < 4.78 is 10.5. The van der Waals surface area contributed by atoms with Gasteiger partial charge in [0.05, 0.1) is 6.04 Å². The van der Waals surface area contributed by atoms with Crippen LogP contribution in [-0.4, -0.2) is 6.09 Å². The van der Waals surface area contributed by atoms with E-state index in [0.29, 0.717) is 11.5 Å². The highest BCUT2D eigenvalue weighted by Gasteiger charge is 2.13. The van der Waals surface area contributed by atoms with E-state index in [0.717, 1.165) is 5.76 Å². The average molecular weight is 245 g/mol. The Labute approximate surface area is 106 Å². The smallest absolute Gasteiger partial charge is 0.413 e. The first-order chi connectivity index (χ1) is 8.65. The number of benzene rings is 1. The van der Waals surface area contributed by atoms with E-state index in [9.17, 15) is 4.79 Å². The van der Waals surface area contributed by atoms with Gasteiger partial charge in [-0.1, -0.05) is 18.2 Å². The van der Waals surface area contributed by atoms with E-state index < -0.39 is 6.09 Å². The number of rotatable bonds is 3. The van der Waals surface area contributed by atoms with Crippen molar-refractivity contribution in [3.8, 4) is 5.75 Å². The van der Waals surface area contributed by atoms with E-state index in [-0.39, 0.29) is 6.04 Å². The Morgan fingerprint density at radius 2 is 1.94 bits per heavy atom. The molecule has 0 bridgehead atoms. The first kappa shape index (κ1) is 12.2. The van der Waals surface area contributed by atoms with Crippen LogP contribution in [0.2, 0.25) is 0 Å². The standard InChI is InChI=1S/C14H15NO3/c1-10-8-9-13(17-10)11(2)15-14(16)18-12-6-4-3-5-7-12/h3-9,11H,1-2H3,(H,15,16). The predicted molar refractivity (Wildman–Crippen MR) is 67.5 cm³/mol. The number of aryl methyl sites for hydroxylation is 1. The molecule has 0 spiro atoms. The second-order valence-electron chi connectivity index (χ2n) is 4.02. The Bertz CT molecular complexity index is 519. The van der Waals surface area contributed by atoms with Crippen molar-refractivity contribution in [1.82, 2.24) is 5.32 Å². The number of carbonyl (C=O) groups excluding carboxylic acids is 1. The first-order valence-corrected chi connectivity index (χ1v) is 5.75. The van der Waals surface area contributed by atoms with E-state index in [1.807, 2.05) is 44.2 Å². The number of nitrogens with one attached hydrogen (secondary N) is 1. The highest BCUT2D eigenvalue weighted by atomic mass is 16.6. The van der Waals surface area contributed by atoms with Crippen molar-refractivity contribution in [2.24, 2.45) is 0 Å². The molecule has 0 saturated heterocycles. The van der Waals surface area contributed by atoms with Crippen LogP contribution in [0.15, 0.2) is 46.9 Å². The van der Waals surface area contributed by atoms with Crippen LogP contribution in [0.25, 0.3) is 0 Å². The Morgan fingerprint density at radius 3 is 2.56 bits per heavy atom. The van der Waals surface area contributed by atoms with Crippen LogP contribution in [0.5, 0.6) is 5.75 Å².